The highest BCUT2D eigenvalue weighted by Gasteiger charge is 2.24. The van der Waals surface area contributed by atoms with Crippen LogP contribution in [0, 0.1) is 5.82 Å². The Kier molecular flexibility index (Phi) is 8.02. The second kappa shape index (κ2) is 10.5. The van der Waals surface area contributed by atoms with Gasteiger partial charge in [0.05, 0.1) is 28.5 Å². The molecule has 0 bridgehead atoms. The summed E-state index contributed by atoms with van der Waals surface area (Å²) in [4.78, 5) is 21.7. The molecule has 2 aromatic carbocycles. The molecule has 4 rings (SSSR count). The lowest BCUT2D eigenvalue weighted by Gasteiger charge is -2.27. The minimum Gasteiger partial charge on any atom is -0.379 e. The van der Waals surface area contributed by atoms with Crippen LogP contribution in [0.2, 0.25) is 5.02 Å². The van der Waals surface area contributed by atoms with Crippen LogP contribution < -0.4 is 4.90 Å². The number of ether oxygens (including phenoxy) is 1. The molecule has 0 unspecified atom stereocenters. The Morgan fingerprint density at radius 3 is 2.70 bits per heavy atom. The SMILES string of the molecule is Cl.O=C(c1ccccc1Cl)N(CCCN1CCOCC1)c1nc2c(F)cccc2s1. The third-order valence-corrected chi connectivity index (χ3v) is 6.27. The Balaban J connectivity index is 0.00000256. The number of aromatic nitrogens is 1. The average molecular weight is 470 g/mol. The van der Waals surface area contributed by atoms with E-state index in [9.17, 15) is 9.18 Å². The van der Waals surface area contributed by atoms with Gasteiger partial charge in [-0.05, 0) is 30.7 Å². The lowest BCUT2D eigenvalue weighted by molar-refractivity contribution is 0.0376. The smallest absolute Gasteiger partial charge is 0.261 e. The van der Waals surface area contributed by atoms with Gasteiger partial charge < -0.3 is 4.74 Å². The molecule has 1 saturated heterocycles. The Morgan fingerprint density at radius 1 is 1.20 bits per heavy atom. The minimum absolute atomic E-state index is 0. The monoisotopic (exact) mass is 469 g/mol. The maximum Gasteiger partial charge on any atom is 0.261 e. The third-order valence-electron chi connectivity index (χ3n) is 4.90. The van der Waals surface area contributed by atoms with Crippen molar-refractivity contribution in [2.24, 2.45) is 0 Å². The van der Waals surface area contributed by atoms with Crippen molar-refractivity contribution in [1.29, 1.82) is 0 Å². The van der Waals surface area contributed by atoms with Crippen molar-refractivity contribution < 1.29 is 13.9 Å². The van der Waals surface area contributed by atoms with Crippen LogP contribution in [-0.4, -0.2) is 55.2 Å². The van der Waals surface area contributed by atoms with Gasteiger partial charge in [0.1, 0.15) is 11.3 Å². The van der Waals surface area contributed by atoms with Crippen LogP contribution in [-0.2, 0) is 4.74 Å². The highest BCUT2D eigenvalue weighted by atomic mass is 35.5. The zero-order valence-corrected chi connectivity index (χ0v) is 18.6. The first-order chi connectivity index (χ1) is 14.1. The fourth-order valence-electron chi connectivity index (χ4n) is 3.36. The van der Waals surface area contributed by atoms with E-state index < -0.39 is 0 Å². The predicted molar refractivity (Wildman–Crippen MR) is 122 cm³/mol. The minimum atomic E-state index is -0.386. The van der Waals surface area contributed by atoms with Crippen LogP contribution in [0.25, 0.3) is 10.2 Å². The zero-order chi connectivity index (χ0) is 20.2. The van der Waals surface area contributed by atoms with Crippen LogP contribution in [0.4, 0.5) is 9.52 Å². The molecule has 3 aromatic rings. The molecule has 0 saturated carbocycles. The van der Waals surface area contributed by atoms with Gasteiger partial charge in [-0.25, -0.2) is 9.37 Å². The number of amides is 1. The summed E-state index contributed by atoms with van der Waals surface area (Å²) in [6, 6.07) is 11.8. The number of carbonyl (C=O) groups is 1. The topological polar surface area (TPSA) is 45.7 Å². The molecule has 0 aliphatic carbocycles. The Hall–Kier alpha value is -1.77. The first-order valence-corrected chi connectivity index (χ1v) is 10.7. The first kappa shape index (κ1) is 22.9. The summed E-state index contributed by atoms with van der Waals surface area (Å²) in [6.07, 6.45) is 0.772. The van der Waals surface area contributed by atoms with Crippen LogP contribution in [0.5, 0.6) is 0 Å². The number of para-hydroxylation sites is 1. The van der Waals surface area contributed by atoms with Gasteiger partial charge in [0.15, 0.2) is 5.13 Å². The number of benzene rings is 2. The molecule has 9 heteroatoms. The largest absolute Gasteiger partial charge is 0.379 e. The van der Waals surface area contributed by atoms with Crippen LogP contribution in [0.1, 0.15) is 16.8 Å². The number of thiazole rings is 1. The van der Waals surface area contributed by atoms with Gasteiger partial charge >= 0.3 is 0 Å². The van der Waals surface area contributed by atoms with Crippen LogP contribution >= 0.6 is 35.3 Å². The summed E-state index contributed by atoms with van der Waals surface area (Å²) in [5.41, 5.74) is 0.706. The predicted octanol–water partition coefficient (Wildman–Crippen LogP) is 4.88. The second-order valence-electron chi connectivity index (χ2n) is 6.83. The molecular weight excluding hydrogens is 448 g/mol. The van der Waals surface area contributed by atoms with Crippen molar-refractivity contribution in [2.75, 3.05) is 44.3 Å². The Morgan fingerprint density at radius 2 is 1.97 bits per heavy atom. The molecule has 5 nitrogen and oxygen atoms in total. The fourth-order valence-corrected chi connectivity index (χ4v) is 4.58. The molecule has 1 aromatic heterocycles. The summed E-state index contributed by atoms with van der Waals surface area (Å²) < 4.78 is 20.2. The number of morpholine rings is 1. The van der Waals surface area contributed by atoms with E-state index in [0.29, 0.717) is 27.0 Å². The van der Waals surface area contributed by atoms with Gasteiger partial charge in [-0.3, -0.25) is 14.6 Å². The molecule has 0 N–H and O–H groups in total. The maximum atomic E-state index is 14.1. The molecule has 1 aliphatic rings. The van der Waals surface area contributed by atoms with Crippen molar-refractivity contribution in [1.82, 2.24) is 9.88 Å². The fraction of sp³-hybridized carbons (Fsp3) is 0.333. The molecule has 30 heavy (non-hydrogen) atoms. The number of hydrogen-bond acceptors (Lipinski definition) is 5. The molecule has 1 aliphatic heterocycles. The number of hydrogen-bond donors (Lipinski definition) is 0. The number of nitrogens with zero attached hydrogens (tertiary/aromatic N) is 3. The van der Waals surface area contributed by atoms with Crippen LogP contribution in [0.3, 0.4) is 0 Å². The molecule has 1 fully saturated rings. The zero-order valence-electron chi connectivity index (χ0n) is 16.2. The molecule has 0 spiro atoms. The number of halogens is 3. The van der Waals surface area contributed by atoms with Crippen LogP contribution in [0.15, 0.2) is 42.5 Å². The van der Waals surface area contributed by atoms with Gasteiger partial charge in [-0.2, -0.15) is 0 Å². The van der Waals surface area contributed by atoms with Gasteiger partial charge in [-0.15, -0.1) is 12.4 Å². The summed E-state index contributed by atoms with van der Waals surface area (Å²) in [5, 5.41) is 0.875. The van der Waals surface area contributed by atoms with E-state index in [4.69, 9.17) is 16.3 Å². The van der Waals surface area contributed by atoms with Crippen molar-refractivity contribution >= 4 is 56.6 Å². The van der Waals surface area contributed by atoms with E-state index in [0.717, 1.165) is 39.3 Å². The van der Waals surface area contributed by atoms with Gasteiger partial charge in [0.2, 0.25) is 0 Å². The Bertz CT molecular complexity index is 1010. The van der Waals surface area contributed by atoms with Crippen molar-refractivity contribution in [2.45, 2.75) is 6.42 Å². The standard InChI is InChI=1S/C21H21ClFN3O2S.ClH/c22-16-6-2-1-5-15(16)20(27)26(10-4-9-25-11-13-28-14-12-25)21-24-19-17(23)7-3-8-18(19)29-21;/h1-3,5-8H,4,9-14H2;1H. The lowest BCUT2D eigenvalue weighted by Crippen LogP contribution is -2.39. The highest BCUT2D eigenvalue weighted by Crippen LogP contribution is 2.32. The van der Waals surface area contributed by atoms with E-state index >= 15 is 0 Å². The van der Waals surface area contributed by atoms with Crippen molar-refractivity contribution in [3.63, 3.8) is 0 Å². The molecule has 160 valence electrons. The maximum absolute atomic E-state index is 14.1. The Labute approximate surface area is 189 Å². The molecular formula is C21H22Cl2FN3O2S. The summed E-state index contributed by atoms with van der Waals surface area (Å²) in [6.45, 7) is 4.59. The number of rotatable bonds is 6. The third kappa shape index (κ3) is 5.10. The van der Waals surface area contributed by atoms with E-state index in [1.807, 2.05) is 6.07 Å². The van der Waals surface area contributed by atoms with Crippen molar-refractivity contribution in [3.8, 4) is 0 Å². The summed E-state index contributed by atoms with van der Waals surface area (Å²) in [5.74, 6) is -0.611. The lowest BCUT2D eigenvalue weighted by atomic mass is 10.2. The highest BCUT2D eigenvalue weighted by molar-refractivity contribution is 7.22. The average Bonchev–Trinajstić information content (AvgIpc) is 3.17. The molecule has 1 amide bonds. The number of anilines is 1. The van der Waals surface area contributed by atoms with Crippen molar-refractivity contribution in [3.05, 3.63) is 58.9 Å². The van der Waals surface area contributed by atoms with E-state index in [1.165, 1.54) is 17.4 Å². The normalized spacial score (nSPS) is 14.5. The van der Waals surface area contributed by atoms with E-state index in [1.54, 1.807) is 35.2 Å². The number of carbonyl (C=O) groups excluding carboxylic acids is 1. The first-order valence-electron chi connectivity index (χ1n) is 9.55. The summed E-state index contributed by atoms with van der Waals surface area (Å²) in [7, 11) is 0. The second-order valence-corrected chi connectivity index (χ2v) is 8.24. The van der Waals surface area contributed by atoms with Gasteiger partial charge in [-0.1, -0.05) is 41.1 Å². The molecule has 0 radical (unpaired) electrons. The molecule has 0 atom stereocenters. The molecule has 2 heterocycles. The number of fused-ring (bicyclic) bond motifs is 1. The quantitative estimate of drug-likeness (QED) is 0.515. The van der Waals surface area contributed by atoms with E-state index in [2.05, 4.69) is 9.88 Å². The van der Waals surface area contributed by atoms with Gasteiger partial charge in [0.25, 0.3) is 5.91 Å². The van der Waals surface area contributed by atoms with E-state index in [-0.39, 0.29) is 29.6 Å². The summed E-state index contributed by atoms with van der Waals surface area (Å²) >= 11 is 7.58. The van der Waals surface area contributed by atoms with Gasteiger partial charge in [0, 0.05) is 26.2 Å².